The maximum absolute atomic E-state index is 10.6. The molecular weight excluding hydrogens is 240 g/mol. The molecule has 1 aromatic rings. The van der Waals surface area contributed by atoms with E-state index in [1.165, 1.54) is 5.56 Å². The molecule has 19 heavy (non-hydrogen) atoms. The second-order valence-corrected chi connectivity index (χ2v) is 5.52. The summed E-state index contributed by atoms with van der Waals surface area (Å²) < 4.78 is 5.31. The molecule has 0 saturated carbocycles. The van der Waals surface area contributed by atoms with E-state index in [0.29, 0.717) is 39.1 Å². The molecule has 0 spiro atoms. The van der Waals surface area contributed by atoms with Crippen molar-refractivity contribution in [1.29, 1.82) is 0 Å². The van der Waals surface area contributed by atoms with Gasteiger partial charge in [0.15, 0.2) is 0 Å². The summed E-state index contributed by atoms with van der Waals surface area (Å²) in [5.74, 6) is 0. The van der Waals surface area contributed by atoms with Crippen molar-refractivity contribution in [2.75, 3.05) is 31.7 Å². The molecule has 3 N–H and O–H groups in total. The second-order valence-electron chi connectivity index (χ2n) is 5.52. The summed E-state index contributed by atoms with van der Waals surface area (Å²) in [4.78, 5) is 2.13. The van der Waals surface area contributed by atoms with E-state index in [9.17, 15) is 5.11 Å². The molecule has 1 aliphatic heterocycles. The van der Waals surface area contributed by atoms with Gasteiger partial charge in [-0.25, -0.2) is 0 Å². The Kier molecular flexibility index (Phi) is 4.45. The third kappa shape index (κ3) is 3.47. The quantitative estimate of drug-likeness (QED) is 0.864. The molecule has 0 amide bonds. The molecule has 2 rings (SSSR count). The largest absolute Gasteiger partial charge is 0.388 e. The summed E-state index contributed by atoms with van der Waals surface area (Å²) >= 11 is 0. The molecule has 4 nitrogen and oxygen atoms in total. The van der Waals surface area contributed by atoms with Crippen molar-refractivity contribution >= 4 is 5.69 Å². The summed E-state index contributed by atoms with van der Waals surface area (Å²) in [6, 6.07) is 6.24. The Morgan fingerprint density at radius 2 is 2.05 bits per heavy atom. The number of nitrogens with zero attached hydrogens (tertiary/aromatic N) is 1. The molecule has 0 unspecified atom stereocenters. The summed E-state index contributed by atoms with van der Waals surface area (Å²) in [6.07, 6.45) is 1.41. The van der Waals surface area contributed by atoms with E-state index in [4.69, 9.17) is 10.5 Å². The lowest BCUT2D eigenvalue weighted by Crippen LogP contribution is -2.45. The SMILES string of the molecule is Cc1cc(CN)ccc1N(C)CC1(O)CCOCC1. The van der Waals surface area contributed by atoms with E-state index in [1.54, 1.807) is 0 Å². The van der Waals surface area contributed by atoms with Crippen LogP contribution in [0.15, 0.2) is 18.2 Å². The maximum atomic E-state index is 10.6. The highest BCUT2D eigenvalue weighted by atomic mass is 16.5. The third-order valence-corrected chi connectivity index (χ3v) is 3.86. The molecule has 0 aromatic heterocycles. The van der Waals surface area contributed by atoms with Crippen LogP contribution >= 0.6 is 0 Å². The van der Waals surface area contributed by atoms with Crippen LogP contribution in [0.4, 0.5) is 5.69 Å². The van der Waals surface area contributed by atoms with Crippen molar-refractivity contribution in [1.82, 2.24) is 0 Å². The van der Waals surface area contributed by atoms with Gasteiger partial charge in [-0.15, -0.1) is 0 Å². The molecule has 0 bridgehead atoms. The number of hydrogen-bond donors (Lipinski definition) is 2. The zero-order valence-electron chi connectivity index (χ0n) is 11.9. The molecule has 0 atom stereocenters. The maximum Gasteiger partial charge on any atom is 0.0865 e. The number of aliphatic hydroxyl groups is 1. The average molecular weight is 264 g/mol. The molecule has 0 aliphatic carbocycles. The van der Waals surface area contributed by atoms with Gasteiger partial charge in [0.25, 0.3) is 0 Å². The van der Waals surface area contributed by atoms with Crippen LogP contribution in [0.2, 0.25) is 0 Å². The van der Waals surface area contributed by atoms with Crippen molar-refractivity contribution in [3.8, 4) is 0 Å². The van der Waals surface area contributed by atoms with E-state index < -0.39 is 5.60 Å². The molecule has 4 heteroatoms. The highest BCUT2D eigenvalue weighted by Gasteiger charge is 2.31. The van der Waals surface area contributed by atoms with Gasteiger partial charge in [-0.2, -0.15) is 0 Å². The van der Waals surface area contributed by atoms with Gasteiger partial charge >= 0.3 is 0 Å². The fraction of sp³-hybridized carbons (Fsp3) is 0.600. The van der Waals surface area contributed by atoms with Gasteiger partial charge < -0.3 is 20.5 Å². The van der Waals surface area contributed by atoms with E-state index in [1.807, 2.05) is 13.1 Å². The molecule has 1 heterocycles. The Balaban J connectivity index is 2.08. The number of benzene rings is 1. The number of likely N-dealkylation sites (N-methyl/N-ethyl adjacent to an activating group) is 1. The number of aryl methyl sites for hydroxylation is 1. The standard InChI is InChI=1S/C15H24N2O2/c1-12-9-13(10-16)3-4-14(12)17(2)11-15(18)5-7-19-8-6-15/h3-4,9,18H,5-8,10-11,16H2,1-2H3. The molecule has 1 saturated heterocycles. The van der Waals surface area contributed by atoms with E-state index >= 15 is 0 Å². The van der Waals surface area contributed by atoms with E-state index in [0.717, 1.165) is 11.3 Å². The lowest BCUT2D eigenvalue weighted by molar-refractivity contribution is -0.0572. The first kappa shape index (κ1) is 14.3. The van der Waals surface area contributed by atoms with Gasteiger partial charge in [-0.05, 0) is 24.1 Å². The normalized spacial score (nSPS) is 18.3. The minimum Gasteiger partial charge on any atom is -0.388 e. The summed E-state index contributed by atoms with van der Waals surface area (Å²) in [7, 11) is 2.03. The number of nitrogens with two attached hydrogens (primary N) is 1. The minimum absolute atomic E-state index is 0.562. The highest BCUT2D eigenvalue weighted by Crippen LogP contribution is 2.26. The molecule has 106 valence electrons. The summed E-state index contributed by atoms with van der Waals surface area (Å²) in [5.41, 5.74) is 8.50. The monoisotopic (exact) mass is 264 g/mol. The minimum atomic E-state index is -0.633. The number of rotatable bonds is 4. The van der Waals surface area contributed by atoms with Crippen LogP contribution in [0.3, 0.4) is 0 Å². The van der Waals surface area contributed by atoms with Gasteiger partial charge in [0, 0.05) is 51.9 Å². The number of hydrogen-bond acceptors (Lipinski definition) is 4. The van der Waals surface area contributed by atoms with Gasteiger partial charge in [-0.1, -0.05) is 12.1 Å². The Labute approximate surface area is 115 Å². The number of ether oxygens (including phenoxy) is 1. The van der Waals surface area contributed by atoms with Gasteiger partial charge in [0.2, 0.25) is 0 Å². The Morgan fingerprint density at radius 3 is 2.63 bits per heavy atom. The first-order valence-electron chi connectivity index (χ1n) is 6.85. The van der Waals surface area contributed by atoms with E-state index in [2.05, 4.69) is 24.0 Å². The molecule has 1 aliphatic rings. The lowest BCUT2D eigenvalue weighted by atomic mass is 9.93. The summed E-state index contributed by atoms with van der Waals surface area (Å²) in [6.45, 7) is 4.58. The topological polar surface area (TPSA) is 58.7 Å². The second kappa shape index (κ2) is 5.90. The predicted molar refractivity (Wildman–Crippen MR) is 77.3 cm³/mol. The van der Waals surface area contributed by atoms with Crippen molar-refractivity contribution in [2.24, 2.45) is 5.73 Å². The molecular formula is C15H24N2O2. The van der Waals surface area contributed by atoms with Crippen LogP contribution < -0.4 is 10.6 Å². The molecule has 1 fully saturated rings. The predicted octanol–water partition coefficient (Wildman–Crippen LogP) is 1.43. The van der Waals surface area contributed by atoms with Crippen molar-refractivity contribution in [2.45, 2.75) is 31.9 Å². The van der Waals surface area contributed by atoms with Crippen molar-refractivity contribution < 1.29 is 9.84 Å². The van der Waals surface area contributed by atoms with Gasteiger partial charge in [0.1, 0.15) is 0 Å². The van der Waals surface area contributed by atoms with Crippen LogP contribution in [-0.4, -0.2) is 37.5 Å². The number of anilines is 1. The van der Waals surface area contributed by atoms with Crippen LogP contribution in [0.1, 0.15) is 24.0 Å². The van der Waals surface area contributed by atoms with Crippen LogP contribution in [0.25, 0.3) is 0 Å². The van der Waals surface area contributed by atoms with Crippen molar-refractivity contribution in [3.05, 3.63) is 29.3 Å². The third-order valence-electron chi connectivity index (χ3n) is 3.86. The van der Waals surface area contributed by atoms with E-state index in [-0.39, 0.29) is 0 Å². The first-order chi connectivity index (χ1) is 9.04. The first-order valence-corrected chi connectivity index (χ1v) is 6.85. The van der Waals surface area contributed by atoms with Crippen molar-refractivity contribution in [3.63, 3.8) is 0 Å². The van der Waals surface area contributed by atoms with Crippen LogP contribution in [0.5, 0.6) is 0 Å². The highest BCUT2D eigenvalue weighted by molar-refractivity contribution is 5.54. The van der Waals surface area contributed by atoms with Crippen LogP contribution in [-0.2, 0) is 11.3 Å². The average Bonchev–Trinajstić information content (AvgIpc) is 2.38. The zero-order chi connectivity index (χ0) is 13.9. The Hall–Kier alpha value is -1.10. The van der Waals surface area contributed by atoms with Gasteiger partial charge in [-0.3, -0.25) is 0 Å². The fourth-order valence-corrected chi connectivity index (χ4v) is 2.71. The van der Waals surface area contributed by atoms with Crippen LogP contribution in [0, 0.1) is 6.92 Å². The molecule has 0 radical (unpaired) electrons. The Morgan fingerprint density at radius 1 is 1.37 bits per heavy atom. The lowest BCUT2D eigenvalue weighted by Gasteiger charge is -2.36. The fourth-order valence-electron chi connectivity index (χ4n) is 2.71. The van der Waals surface area contributed by atoms with Gasteiger partial charge in [0.05, 0.1) is 5.60 Å². The zero-order valence-corrected chi connectivity index (χ0v) is 11.9. The molecule has 1 aromatic carbocycles. The summed E-state index contributed by atoms with van der Waals surface area (Å²) in [5, 5.41) is 10.6. The smallest absolute Gasteiger partial charge is 0.0865 e. The Bertz CT molecular complexity index is 428.